The molecule has 1 amide bonds. The molecule has 0 saturated carbocycles. The lowest BCUT2D eigenvalue weighted by atomic mass is 10.1. The molecule has 0 bridgehead atoms. The zero-order valence-electron chi connectivity index (χ0n) is 13.3. The van der Waals surface area contributed by atoms with E-state index in [4.69, 9.17) is 9.84 Å². The number of amides is 1. The molecule has 0 radical (unpaired) electrons. The third-order valence-electron chi connectivity index (χ3n) is 4.10. The van der Waals surface area contributed by atoms with Crippen molar-refractivity contribution in [2.75, 3.05) is 0 Å². The summed E-state index contributed by atoms with van der Waals surface area (Å²) in [6.07, 6.45) is 2.68. The van der Waals surface area contributed by atoms with E-state index in [0.29, 0.717) is 12.8 Å². The number of carbonyl (C=O) groups excluding carboxylic acids is 1. The number of benzene rings is 1. The van der Waals surface area contributed by atoms with E-state index in [1.54, 1.807) is 10.9 Å². The Morgan fingerprint density at radius 3 is 2.71 bits per heavy atom. The van der Waals surface area contributed by atoms with E-state index in [1.165, 1.54) is 0 Å². The van der Waals surface area contributed by atoms with Crippen molar-refractivity contribution in [3.05, 3.63) is 48.3 Å². The average molecular weight is 329 g/mol. The standard InChI is InChI=1S/C17H19N3O4/c1-11(19-16(21)14-7-8-15(24-14)17(22)23)12-5-2-3-6-13(12)20-10-4-9-18-20/h2-6,9-11,14-15H,7-8H2,1H3,(H,19,21)(H,22,23)/t11?,14-,15+/m0/s1. The van der Waals surface area contributed by atoms with Crippen LogP contribution >= 0.6 is 0 Å². The molecule has 126 valence electrons. The lowest BCUT2D eigenvalue weighted by molar-refractivity contribution is -0.151. The van der Waals surface area contributed by atoms with E-state index in [2.05, 4.69) is 10.4 Å². The highest BCUT2D eigenvalue weighted by Crippen LogP contribution is 2.24. The van der Waals surface area contributed by atoms with Gasteiger partial charge in [-0.3, -0.25) is 4.79 Å². The first-order valence-electron chi connectivity index (χ1n) is 7.84. The Morgan fingerprint density at radius 2 is 2.04 bits per heavy atom. The third kappa shape index (κ3) is 3.30. The van der Waals surface area contributed by atoms with E-state index >= 15 is 0 Å². The summed E-state index contributed by atoms with van der Waals surface area (Å²) < 4.78 is 7.04. The first-order chi connectivity index (χ1) is 11.6. The molecule has 1 unspecified atom stereocenters. The van der Waals surface area contributed by atoms with Crippen molar-refractivity contribution in [2.45, 2.75) is 38.0 Å². The molecule has 1 saturated heterocycles. The van der Waals surface area contributed by atoms with Crippen LogP contribution in [0.3, 0.4) is 0 Å². The van der Waals surface area contributed by atoms with Gasteiger partial charge in [0.1, 0.15) is 6.10 Å². The highest BCUT2D eigenvalue weighted by Gasteiger charge is 2.35. The van der Waals surface area contributed by atoms with Gasteiger partial charge in [-0.15, -0.1) is 0 Å². The average Bonchev–Trinajstić information content (AvgIpc) is 3.26. The molecule has 2 aromatic rings. The van der Waals surface area contributed by atoms with Gasteiger partial charge in [-0.1, -0.05) is 18.2 Å². The molecule has 7 heteroatoms. The maximum Gasteiger partial charge on any atom is 0.332 e. The lowest BCUT2D eigenvalue weighted by Gasteiger charge is -2.20. The highest BCUT2D eigenvalue weighted by molar-refractivity contribution is 5.83. The van der Waals surface area contributed by atoms with Crippen LogP contribution in [0, 0.1) is 0 Å². The Balaban J connectivity index is 1.71. The van der Waals surface area contributed by atoms with Crippen molar-refractivity contribution in [1.82, 2.24) is 15.1 Å². The Bertz CT molecular complexity index is 729. The van der Waals surface area contributed by atoms with E-state index < -0.39 is 18.2 Å². The number of nitrogens with one attached hydrogen (secondary N) is 1. The number of rotatable bonds is 5. The second kappa shape index (κ2) is 6.84. The predicted octanol–water partition coefficient (Wildman–Crippen LogP) is 1.68. The molecule has 1 fully saturated rings. The third-order valence-corrected chi connectivity index (χ3v) is 4.10. The minimum Gasteiger partial charge on any atom is -0.479 e. The summed E-state index contributed by atoms with van der Waals surface area (Å²) in [5, 5.41) is 16.1. The Kier molecular flexibility index (Phi) is 4.61. The van der Waals surface area contributed by atoms with Crippen molar-refractivity contribution in [2.24, 2.45) is 0 Å². The van der Waals surface area contributed by atoms with E-state index in [1.807, 2.05) is 43.5 Å². The van der Waals surface area contributed by atoms with E-state index in [9.17, 15) is 9.59 Å². The van der Waals surface area contributed by atoms with Gasteiger partial charge in [0.25, 0.3) is 0 Å². The summed E-state index contributed by atoms with van der Waals surface area (Å²) in [7, 11) is 0. The number of aromatic nitrogens is 2. The van der Waals surface area contributed by atoms with Gasteiger partial charge in [0.05, 0.1) is 11.7 Å². The molecule has 1 aromatic heterocycles. The van der Waals surface area contributed by atoms with Crippen LogP contribution in [0.25, 0.3) is 5.69 Å². The number of para-hydroxylation sites is 1. The van der Waals surface area contributed by atoms with Crippen LogP contribution in [0.15, 0.2) is 42.7 Å². The number of nitrogens with zero attached hydrogens (tertiary/aromatic N) is 2. The first-order valence-corrected chi connectivity index (χ1v) is 7.84. The topological polar surface area (TPSA) is 93.5 Å². The van der Waals surface area contributed by atoms with Crippen LogP contribution in [0.1, 0.15) is 31.4 Å². The second-order valence-corrected chi connectivity index (χ2v) is 5.77. The fourth-order valence-electron chi connectivity index (χ4n) is 2.87. The summed E-state index contributed by atoms with van der Waals surface area (Å²) in [4.78, 5) is 23.3. The van der Waals surface area contributed by atoms with E-state index in [-0.39, 0.29) is 11.9 Å². The smallest absolute Gasteiger partial charge is 0.332 e. The van der Waals surface area contributed by atoms with Gasteiger partial charge in [0.2, 0.25) is 5.91 Å². The molecule has 3 atom stereocenters. The number of ether oxygens (including phenoxy) is 1. The van der Waals surface area contributed by atoms with Gasteiger partial charge in [0, 0.05) is 12.4 Å². The second-order valence-electron chi connectivity index (χ2n) is 5.77. The monoisotopic (exact) mass is 329 g/mol. The summed E-state index contributed by atoms with van der Waals surface area (Å²) in [6.45, 7) is 1.88. The molecule has 0 spiro atoms. The molecule has 0 aliphatic carbocycles. The lowest BCUT2D eigenvalue weighted by Crippen LogP contribution is -2.37. The van der Waals surface area contributed by atoms with Crippen molar-refractivity contribution < 1.29 is 19.4 Å². The molecular weight excluding hydrogens is 310 g/mol. The van der Waals surface area contributed by atoms with Crippen LogP contribution in [0.4, 0.5) is 0 Å². The van der Waals surface area contributed by atoms with Crippen molar-refractivity contribution in [3.63, 3.8) is 0 Å². The van der Waals surface area contributed by atoms with Crippen LogP contribution in [0.2, 0.25) is 0 Å². The number of hydrogen-bond acceptors (Lipinski definition) is 4. The molecule has 1 aromatic carbocycles. The van der Waals surface area contributed by atoms with Gasteiger partial charge >= 0.3 is 5.97 Å². The van der Waals surface area contributed by atoms with Gasteiger partial charge in [-0.05, 0) is 37.5 Å². The SMILES string of the molecule is CC(NC(=O)[C@@H]1CC[C@H](C(=O)O)O1)c1ccccc1-n1cccn1. The molecule has 3 rings (SSSR count). The molecule has 1 aliphatic rings. The van der Waals surface area contributed by atoms with Crippen molar-refractivity contribution in [1.29, 1.82) is 0 Å². The van der Waals surface area contributed by atoms with Gasteiger partial charge in [0.15, 0.2) is 6.10 Å². The number of carboxylic acids is 1. The zero-order valence-corrected chi connectivity index (χ0v) is 13.3. The fourth-order valence-corrected chi connectivity index (χ4v) is 2.87. The molecule has 7 nitrogen and oxygen atoms in total. The summed E-state index contributed by atoms with van der Waals surface area (Å²) >= 11 is 0. The van der Waals surface area contributed by atoms with Gasteiger partial charge in [-0.25, -0.2) is 9.48 Å². The first kappa shape index (κ1) is 16.2. The maximum absolute atomic E-state index is 12.3. The zero-order chi connectivity index (χ0) is 17.1. The summed E-state index contributed by atoms with van der Waals surface area (Å²) in [6, 6.07) is 9.24. The Morgan fingerprint density at radius 1 is 1.29 bits per heavy atom. The number of carboxylic acid groups (broad SMARTS) is 1. The molecule has 2 heterocycles. The Hall–Kier alpha value is -2.67. The van der Waals surface area contributed by atoms with E-state index in [0.717, 1.165) is 11.3 Å². The largest absolute Gasteiger partial charge is 0.479 e. The quantitative estimate of drug-likeness (QED) is 0.870. The van der Waals surface area contributed by atoms with Gasteiger partial charge in [-0.2, -0.15) is 5.10 Å². The summed E-state index contributed by atoms with van der Waals surface area (Å²) in [5.41, 5.74) is 1.80. The van der Waals surface area contributed by atoms with Crippen LogP contribution in [-0.4, -0.2) is 39.0 Å². The maximum atomic E-state index is 12.3. The van der Waals surface area contributed by atoms with Gasteiger partial charge < -0.3 is 15.2 Å². The predicted molar refractivity (Wildman–Crippen MR) is 85.7 cm³/mol. The normalized spacial score (nSPS) is 21.4. The van der Waals surface area contributed by atoms with Crippen LogP contribution in [-0.2, 0) is 14.3 Å². The number of carbonyl (C=O) groups is 2. The van der Waals surface area contributed by atoms with Crippen molar-refractivity contribution in [3.8, 4) is 5.69 Å². The molecule has 2 N–H and O–H groups in total. The summed E-state index contributed by atoms with van der Waals surface area (Å²) in [5.74, 6) is -1.32. The minimum atomic E-state index is -1.03. The molecule has 1 aliphatic heterocycles. The Labute approximate surface area is 139 Å². The van der Waals surface area contributed by atoms with Crippen LogP contribution < -0.4 is 5.32 Å². The van der Waals surface area contributed by atoms with Crippen LogP contribution in [0.5, 0.6) is 0 Å². The minimum absolute atomic E-state index is 0.259. The highest BCUT2D eigenvalue weighted by atomic mass is 16.5. The molecule has 24 heavy (non-hydrogen) atoms. The fraction of sp³-hybridized carbons (Fsp3) is 0.353. The molecular formula is C17H19N3O4. The number of aliphatic carboxylic acids is 1. The number of hydrogen-bond donors (Lipinski definition) is 2. The van der Waals surface area contributed by atoms with Crippen molar-refractivity contribution >= 4 is 11.9 Å².